The van der Waals surface area contributed by atoms with E-state index in [1.165, 1.54) is 11.0 Å². The van der Waals surface area contributed by atoms with Gasteiger partial charge in [0, 0.05) is 4.47 Å². The standard InChI is InChI=1S/C9H6BrN3O2/c10-6-1-3-7(4-2-6)13-8(9(14)15)11-5-12-13/h1-5H,(H,14,15). The summed E-state index contributed by atoms with van der Waals surface area (Å²) in [6.45, 7) is 0. The average molecular weight is 268 g/mol. The quantitative estimate of drug-likeness (QED) is 0.900. The summed E-state index contributed by atoms with van der Waals surface area (Å²) in [5.74, 6) is -1.20. The highest BCUT2D eigenvalue weighted by atomic mass is 79.9. The molecule has 0 saturated carbocycles. The van der Waals surface area contributed by atoms with Crippen LogP contribution in [-0.2, 0) is 0 Å². The molecule has 0 saturated heterocycles. The van der Waals surface area contributed by atoms with E-state index in [1.807, 2.05) is 12.1 Å². The second-order valence-electron chi connectivity index (χ2n) is 2.78. The molecule has 1 aromatic heterocycles. The molecule has 5 nitrogen and oxygen atoms in total. The van der Waals surface area contributed by atoms with E-state index in [0.29, 0.717) is 5.69 Å². The van der Waals surface area contributed by atoms with Gasteiger partial charge in [-0.1, -0.05) is 15.9 Å². The number of nitrogens with zero attached hydrogens (tertiary/aromatic N) is 3. The van der Waals surface area contributed by atoms with Gasteiger partial charge in [-0.2, -0.15) is 5.10 Å². The summed E-state index contributed by atoms with van der Waals surface area (Å²) in [6, 6.07) is 7.13. The van der Waals surface area contributed by atoms with Crippen molar-refractivity contribution in [1.82, 2.24) is 14.8 Å². The maximum atomic E-state index is 10.8. The third kappa shape index (κ3) is 1.89. The maximum absolute atomic E-state index is 10.8. The Morgan fingerprint density at radius 2 is 2.00 bits per heavy atom. The maximum Gasteiger partial charge on any atom is 0.374 e. The van der Waals surface area contributed by atoms with Crippen molar-refractivity contribution in [2.24, 2.45) is 0 Å². The summed E-state index contributed by atoms with van der Waals surface area (Å²) >= 11 is 3.29. The van der Waals surface area contributed by atoms with Gasteiger partial charge < -0.3 is 5.11 Å². The molecule has 0 aliphatic rings. The highest BCUT2D eigenvalue weighted by molar-refractivity contribution is 9.10. The molecule has 0 amide bonds. The third-order valence-corrected chi connectivity index (χ3v) is 2.34. The molecule has 0 fully saturated rings. The number of halogens is 1. The Hall–Kier alpha value is -1.69. The van der Waals surface area contributed by atoms with Crippen LogP contribution >= 0.6 is 15.9 Å². The lowest BCUT2D eigenvalue weighted by atomic mass is 10.3. The molecule has 2 rings (SSSR count). The van der Waals surface area contributed by atoms with Gasteiger partial charge in [0.1, 0.15) is 6.33 Å². The molecule has 0 unspecified atom stereocenters. The predicted molar refractivity (Wildman–Crippen MR) is 56.0 cm³/mol. The second kappa shape index (κ2) is 3.82. The molecule has 0 aliphatic heterocycles. The molecule has 0 radical (unpaired) electrons. The van der Waals surface area contributed by atoms with Gasteiger partial charge in [-0.25, -0.2) is 14.5 Å². The monoisotopic (exact) mass is 267 g/mol. The number of hydrogen-bond donors (Lipinski definition) is 1. The zero-order valence-corrected chi connectivity index (χ0v) is 9.05. The third-order valence-electron chi connectivity index (χ3n) is 1.81. The van der Waals surface area contributed by atoms with Crippen molar-refractivity contribution < 1.29 is 9.90 Å². The van der Waals surface area contributed by atoms with Crippen LogP contribution in [0.4, 0.5) is 0 Å². The van der Waals surface area contributed by atoms with Crippen LogP contribution in [0.1, 0.15) is 10.6 Å². The number of aromatic carboxylic acids is 1. The van der Waals surface area contributed by atoms with E-state index in [2.05, 4.69) is 26.0 Å². The molecule has 6 heteroatoms. The smallest absolute Gasteiger partial charge is 0.374 e. The highest BCUT2D eigenvalue weighted by Gasteiger charge is 2.13. The van der Waals surface area contributed by atoms with Crippen LogP contribution in [0.2, 0.25) is 0 Å². The van der Waals surface area contributed by atoms with E-state index in [1.54, 1.807) is 12.1 Å². The van der Waals surface area contributed by atoms with E-state index in [4.69, 9.17) is 5.11 Å². The topological polar surface area (TPSA) is 68.0 Å². The van der Waals surface area contributed by atoms with E-state index >= 15 is 0 Å². The second-order valence-corrected chi connectivity index (χ2v) is 3.69. The summed E-state index contributed by atoms with van der Waals surface area (Å²) in [6.07, 6.45) is 1.21. The van der Waals surface area contributed by atoms with Gasteiger partial charge in [0.05, 0.1) is 5.69 Å². The summed E-state index contributed by atoms with van der Waals surface area (Å²) in [5.41, 5.74) is 0.660. The molecule has 15 heavy (non-hydrogen) atoms. The Morgan fingerprint density at radius 1 is 1.33 bits per heavy atom. The first-order valence-electron chi connectivity index (χ1n) is 4.08. The Labute approximate surface area is 93.5 Å². The molecule has 1 heterocycles. The lowest BCUT2D eigenvalue weighted by Crippen LogP contribution is -2.09. The van der Waals surface area contributed by atoms with Gasteiger partial charge >= 0.3 is 5.97 Å². The van der Waals surface area contributed by atoms with E-state index < -0.39 is 5.97 Å². The molecule has 2 aromatic rings. The Morgan fingerprint density at radius 3 is 2.60 bits per heavy atom. The molecule has 0 aliphatic carbocycles. The fourth-order valence-electron chi connectivity index (χ4n) is 1.16. The van der Waals surface area contributed by atoms with Crippen molar-refractivity contribution in [2.45, 2.75) is 0 Å². The van der Waals surface area contributed by atoms with Gasteiger partial charge in [0.25, 0.3) is 0 Å². The van der Waals surface area contributed by atoms with Crippen molar-refractivity contribution in [2.75, 3.05) is 0 Å². The molecular weight excluding hydrogens is 262 g/mol. The minimum absolute atomic E-state index is 0.0997. The Bertz CT molecular complexity index is 492. The van der Waals surface area contributed by atoms with Crippen LogP contribution in [0.5, 0.6) is 0 Å². The van der Waals surface area contributed by atoms with Gasteiger partial charge in [-0.15, -0.1) is 0 Å². The molecule has 0 atom stereocenters. The van der Waals surface area contributed by atoms with Gasteiger partial charge in [-0.3, -0.25) is 0 Å². The fourth-order valence-corrected chi connectivity index (χ4v) is 1.42. The van der Waals surface area contributed by atoms with Crippen molar-refractivity contribution in [3.05, 3.63) is 40.9 Å². The normalized spacial score (nSPS) is 10.2. The van der Waals surface area contributed by atoms with E-state index in [9.17, 15) is 4.79 Å². The summed E-state index contributed by atoms with van der Waals surface area (Å²) in [7, 11) is 0. The van der Waals surface area contributed by atoms with E-state index in [0.717, 1.165) is 4.47 Å². The Kier molecular flexibility index (Phi) is 2.51. The van der Waals surface area contributed by atoms with Crippen LogP contribution in [0.25, 0.3) is 5.69 Å². The number of rotatable bonds is 2. The SMILES string of the molecule is O=C(O)c1ncnn1-c1ccc(Br)cc1. The number of aromatic nitrogens is 3. The Balaban J connectivity index is 2.49. The summed E-state index contributed by atoms with van der Waals surface area (Å²) in [5, 5.41) is 12.7. The number of carbonyl (C=O) groups is 1. The first kappa shape index (κ1) is 9.85. The molecule has 1 N–H and O–H groups in total. The first-order chi connectivity index (χ1) is 7.18. The van der Waals surface area contributed by atoms with Crippen LogP contribution in [0.3, 0.4) is 0 Å². The van der Waals surface area contributed by atoms with E-state index in [-0.39, 0.29) is 5.82 Å². The zero-order chi connectivity index (χ0) is 10.8. The largest absolute Gasteiger partial charge is 0.475 e. The van der Waals surface area contributed by atoms with Crippen LogP contribution in [0, 0.1) is 0 Å². The van der Waals surface area contributed by atoms with Crippen molar-refractivity contribution >= 4 is 21.9 Å². The number of benzene rings is 1. The highest BCUT2D eigenvalue weighted by Crippen LogP contribution is 2.14. The zero-order valence-electron chi connectivity index (χ0n) is 7.46. The summed E-state index contributed by atoms with van der Waals surface area (Å²) < 4.78 is 2.19. The molecular formula is C9H6BrN3O2. The predicted octanol–water partition coefficient (Wildman–Crippen LogP) is 1.73. The van der Waals surface area contributed by atoms with Gasteiger partial charge in [0.2, 0.25) is 5.82 Å². The van der Waals surface area contributed by atoms with Crippen molar-refractivity contribution in [3.8, 4) is 5.69 Å². The molecule has 0 spiro atoms. The van der Waals surface area contributed by atoms with Crippen molar-refractivity contribution in [1.29, 1.82) is 0 Å². The summed E-state index contributed by atoms with van der Waals surface area (Å²) in [4.78, 5) is 14.4. The number of carboxylic acid groups (broad SMARTS) is 1. The number of hydrogen-bond acceptors (Lipinski definition) is 3. The molecule has 0 bridgehead atoms. The lowest BCUT2D eigenvalue weighted by Gasteiger charge is -2.02. The van der Waals surface area contributed by atoms with Crippen LogP contribution in [-0.4, -0.2) is 25.8 Å². The van der Waals surface area contributed by atoms with Gasteiger partial charge in [0.15, 0.2) is 0 Å². The minimum atomic E-state index is -1.10. The first-order valence-corrected chi connectivity index (χ1v) is 4.87. The number of carboxylic acids is 1. The lowest BCUT2D eigenvalue weighted by molar-refractivity contribution is 0.0680. The van der Waals surface area contributed by atoms with Crippen molar-refractivity contribution in [3.63, 3.8) is 0 Å². The minimum Gasteiger partial charge on any atom is -0.475 e. The van der Waals surface area contributed by atoms with Crippen LogP contribution in [0.15, 0.2) is 35.1 Å². The molecule has 1 aromatic carbocycles. The van der Waals surface area contributed by atoms with Crippen LogP contribution < -0.4 is 0 Å². The fraction of sp³-hybridized carbons (Fsp3) is 0. The average Bonchev–Trinajstić information content (AvgIpc) is 2.67. The molecule has 76 valence electrons. The van der Waals surface area contributed by atoms with Gasteiger partial charge in [-0.05, 0) is 24.3 Å².